The van der Waals surface area contributed by atoms with Gasteiger partial charge in [0.05, 0.1) is 18.8 Å². The molecule has 0 aliphatic heterocycles. The van der Waals surface area contributed by atoms with Crippen molar-refractivity contribution < 1.29 is 34.2 Å². The van der Waals surface area contributed by atoms with Crippen LogP contribution in [0.2, 0.25) is 0 Å². The smallest absolute Gasteiger partial charge is 0.325 e. The Morgan fingerprint density at radius 1 is 1.09 bits per heavy atom. The quantitative estimate of drug-likeness (QED) is 0.159. The number of nitrogens with two attached hydrogens (primary N) is 1. The number of nitrogens with one attached hydrogen (secondary N) is 4. The van der Waals surface area contributed by atoms with E-state index in [0.29, 0.717) is 11.4 Å². The number of carboxylic acid groups (broad SMARTS) is 2. The first kappa shape index (κ1) is 26.9. The molecule has 8 N–H and O–H groups in total. The molecule has 3 amide bonds. The van der Waals surface area contributed by atoms with Crippen molar-refractivity contribution in [2.45, 2.75) is 50.4 Å². The van der Waals surface area contributed by atoms with E-state index in [9.17, 15) is 24.0 Å². The highest BCUT2D eigenvalue weighted by Gasteiger charge is 2.30. The van der Waals surface area contributed by atoms with Crippen LogP contribution in [0.1, 0.15) is 25.5 Å². The van der Waals surface area contributed by atoms with Crippen LogP contribution < -0.4 is 21.7 Å². The van der Waals surface area contributed by atoms with Gasteiger partial charge in [0.15, 0.2) is 0 Å². The molecule has 0 saturated carbocycles. The molecule has 0 aliphatic rings. The minimum atomic E-state index is -1.49. The maximum Gasteiger partial charge on any atom is 0.325 e. The highest BCUT2D eigenvalue weighted by atomic mass is 32.2. The number of imidazole rings is 1. The average Bonchev–Trinajstić information content (AvgIpc) is 3.22. The second-order valence-corrected chi connectivity index (χ2v) is 7.94. The number of aromatic amines is 1. The predicted molar refractivity (Wildman–Crippen MR) is 115 cm³/mol. The largest absolute Gasteiger partial charge is 0.481 e. The van der Waals surface area contributed by atoms with Crippen molar-refractivity contribution in [3.8, 4) is 0 Å². The van der Waals surface area contributed by atoms with Gasteiger partial charge in [-0.3, -0.25) is 24.0 Å². The predicted octanol–water partition coefficient (Wildman–Crippen LogP) is -1.93. The molecular weight excluding hydrogens is 444 g/mol. The van der Waals surface area contributed by atoms with Crippen molar-refractivity contribution in [3.63, 3.8) is 0 Å². The summed E-state index contributed by atoms with van der Waals surface area (Å²) in [5.74, 6) is -4.54. The van der Waals surface area contributed by atoms with E-state index in [4.69, 9.17) is 15.9 Å². The first-order chi connectivity index (χ1) is 15.0. The normalized spacial score (nSPS) is 14.5. The Hall–Kier alpha value is -3.13. The number of carbonyl (C=O) groups excluding carboxylic acids is 3. The second-order valence-electron chi connectivity index (χ2n) is 6.96. The highest BCUT2D eigenvalue weighted by molar-refractivity contribution is 7.98. The summed E-state index contributed by atoms with van der Waals surface area (Å²) in [5, 5.41) is 25.1. The van der Waals surface area contributed by atoms with Crippen molar-refractivity contribution in [3.05, 3.63) is 18.2 Å². The molecule has 32 heavy (non-hydrogen) atoms. The Labute approximate surface area is 188 Å². The Balaban J connectivity index is 2.87. The summed E-state index contributed by atoms with van der Waals surface area (Å²) in [5.41, 5.74) is 6.40. The molecule has 0 aliphatic carbocycles. The summed E-state index contributed by atoms with van der Waals surface area (Å²) < 4.78 is 0. The molecule has 178 valence electrons. The molecule has 0 spiro atoms. The van der Waals surface area contributed by atoms with Crippen LogP contribution in [0.3, 0.4) is 0 Å². The molecular formula is C18H28N6O7S. The molecule has 0 aromatic carbocycles. The summed E-state index contributed by atoms with van der Waals surface area (Å²) >= 11 is 1.40. The Morgan fingerprint density at radius 2 is 1.72 bits per heavy atom. The average molecular weight is 473 g/mol. The van der Waals surface area contributed by atoms with Crippen LogP contribution in [0.15, 0.2) is 12.5 Å². The third-order valence-electron chi connectivity index (χ3n) is 4.32. The molecule has 0 saturated heterocycles. The van der Waals surface area contributed by atoms with Crippen molar-refractivity contribution in [1.82, 2.24) is 25.9 Å². The molecule has 0 fully saturated rings. The highest BCUT2D eigenvalue weighted by Crippen LogP contribution is 2.04. The van der Waals surface area contributed by atoms with Gasteiger partial charge >= 0.3 is 11.9 Å². The maximum absolute atomic E-state index is 12.7. The standard InChI is InChI=1S/C18H28N6O7S/c1-9(18(30)31)22-16(28)12(3-4-32-2)23-17(29)13(6-14(25)26)24-15(27)11(19)5-10-7-20-8-21-10/h7-9,11-13H,3-6,19H2,1-2H3,(H,20,21)(H,22,28)(H,23,29)(H,24,27)(H,25,26)(H,30,31). The van der Waals surface area contributed by atoms with Gasteiger partial charge in [-0.2, -0.15) is 11.8 Å². The second kappa shape index (κ2) is 13.3. The fourth-order valence-corrected chi connectivity index (χ4v) is 3.01. The van der Waals surface area contributed by atoms with E-state index in [2.05, 4.69) is 25.9 Å². The zero-order chi connectivity index (χ0) is 24.3. The van der Waals surface area contributed by atoms with Crippen LogP contribution >= 0.6 is 11.8 Å². The molecule has 1 heterocycles. The van der Waals surface area contributed by atoms with Gasteiger partial charge < -0.3 is 36.9 Å². The van der Waals surface area contributed by atoms with Crippen LogP contribution in [0, 0.1) is 0 Å². The van der Waals surface area contributed by atoms with E-state index in [0.717, 1.165) is 0 Å². The minimum absolute atomic E-state index is 0.0824. The van der Waals surface area contributed by atoms with Gasteiger partial charge in [0, 0.05) is 18.3 Å². The van der Waals surface area contributed by atoms with Crippen LogP contribution in [0.4, 0.5) is 0 Å². The van der Waals surface area contributed by atoms with E-state index in [1.807, 2.05) is 0 Å². The summed E-state index contributed by atoms with van der Waals surface area (Å²) in [4.78, 5) is 66.3. The minimum Gasteiger partial charge on any atom is -0.481 e. The summed E-state index contributed by atoms with van der Waals surface area (Å²) in [7, 11) is 0. The van der Waals surface area contributed by atoms with Crippen molar-refractivity contribution in [2.75, 3.05) is 12.0 Å². The number of rotatable bonds is 14. The summed E-state index contributed by atoms with van der Waals surface area (Å²) in [6.45, 7) is 1.27. The van der Waals surface area contributed by atoms with Gasteiger partial charge in [-0.25, -0.2) is 4.98 Å². The molecule has 4 atom stereocenters. The summed E-state index contributed by atoms with van der Waals surface area (Å²) in [6, 6.07) is -4.88. The van der Waals surface area contributed by atoms with Crippen molar-refractivity contribution in [2.24, 2.45) is 5.73 Å². The van der Waals surface area contributed by atoms with Crippen LogP contribution in [0.5, 0.6) is 0 Å². The molecule has 14 heteroatoms. The number of aliphatic carboxylic acids is 2. The van der Waals surface area contributed by atoms with E-state index >= 15 is 0 Å². The van der Waals surface area contributed by atoms with Gasteiger partial charge in [0.25, 0.3) is 0 Å². The van der Waals surface area contributed by atoms with Crippen LogP contribution in [-0.4, -0.2) is 86.0 Å². The Kier molecular flexibility index (Phi) is 11.2. The molecule has 4 unspecified atom stereocenters. The first-order valence-corrected chi connectivity index (χ1v) is 11.0. The number of nitrogens with zero attached hydrogens (tertiary/aromatic N) is 1. The van der Waals surface area contributed by atoms with Gasteiger partial charge in [0.2, 0.25) is 17.7 Å². The van der Waals surface area contributed by atoms with E-state index in [-0.39, 0.29) is 12.8 Å². The molecule has 0 bridgehead atoms. The molecule has 13 nitrogen and oxygen atoms in total. The number of aromatic nitrogens is 2. The number of amides is 3. The fraction of sp³-hybridized carbons (Fsp3) is 0.556. The fourth-order valence-electron chi connectivity index (χ4n) is 2.54. The number of hydrogen-bond donors (Lipinski definition) is 7. The SMILES string of the molecule is CSCCC(NC(=O)C(CC(=O)O)NC(=O)C(N)Cc1cnc[nH]1)C(=O)NC(C)C(=O)O. The molecule has 1 aromatic heterocycles. The van der Waals surface area contributed by atoms with Crippen molar-refractivity contribution >= 4 is 41.4 Å². The van der Waals surface area contributed by atoms with E-state index in [1.165, 1.54) is 31.2 Å². The number of carbonyl (C=O) groups is 5. The lowest BCUT2D eigenvalue weighted by Gasteiger charge is -2.24. The van der Waals surface area contributed by atoms with Gasteiger partial charge in [-0.05, 0) is 25.4 Å². The van der Waals surface area contributed by atoms with Crippen molar-refractivity contribution in [1.29, 1.82) is 0 Å². The maximum atomic E-state index is 12.7. The monoisotopic (exact) mass is 472 g/mol. The zero-order valence-corrected chi connectivity index (χ0v) is 18.5. The number of carboxylic acids is 2. The molecule has 1 aromatic rings. The zero-order valence-electron chi connectivity index (χ0n) is 17.7. The van der Waals surface area contributed by atoms with Crippen LogP contribution in [-0.2, 0) is 30.4 Å². The molecule has 0 radical (unpaired) electrons. The Morgan fingerprint density at radius 3 is 2.25 bits per heavy atom. The van der Waals surface area contributed by atoms with E-state index in [1.54, 1.807) is 6.26 Å². The first-order valence-electron chi connectivity index (χ1n) is 9.62. The molecule has 1 rings (SSSR count). The topological polar surface area (TPSA) is 217 Å². The lowest BCUT2D eigenvalue weighted by molar-refractivity contribution is -0.143. The number of H-pyrrole nitrogens is 1. The van der Waals surface area contributed by atoms with E-state index < -0.39 is 60.2 Å². The lowest BCUT2D eigenvalue weighted by atomic mass is 10.1. The third-order valence-corrected chi connectivity index (χ3v) is 4.96. The Bertz CT molecular complexity index is 804. The van der Waals surface area contributed by atoms with Crippen LogP contribution in [0.25, 0.3) is 0 Å². The van der Waals surface area contributed by atoms with Gasteiger partial charge in [-0.15, -0.1) is 0 Å². The van der Waals surface area contributed by atoms with Gasteiger partial charge in [-0.1, -0.05) is 0 Å². The van der Waals surface area contributed by atoms with Gasteiger partial charge in [0.1, 0.15) is 18.1 Å². The number of hydrogen-bond acceptors (Lipinski definition) is 8. The third kappa shape index (κ3) is 9.34. The lowest BCUT2D eigenvalue weighted by Crippen LogP contribution is -2.57. The number of thioether (sulfide) groups is 1. The summed E-state index contributed by atoms with van der Waals surface area (Å²) in [6.07, 6.45) is 4.17.